The molecule has 0 aromatic heterocycles. The van der Waals surface area contributed by atoms with Crippen LogP contribution in [0.15, 0.2) is 48.5 Å². The van der Waals surface area contributed by atoms with Crippen molar-refractivity contribution < 1.29 is 28.0 Å². The standard InChI is InChI=1S/C26H31F3N4O3/c1-2-31-17-19(15-24(31)34)25(35)33(36)16-18-3-5-21(6-4-18)30-22-7-9-23(10-8-22)32-13-11-20(12-14-32)26(27,28)29/h3-10,19-20,30,36H,2,11-17H2,1H3. The lowest BCUT2D eigenvalue weighted by Crippen LogP contribution is -2.38. The van der Waals surface area contributed by atoms with Gasteiger partial charge in [-0.2, -0.15) is 13.2 Å². The van der Waals surface area contributed by atoms with Gasteiger partial charge in [0.05, 0.1) is 18.4 Å². The highest BCUT2D eigenvalue weighted by molar-refractivity contribution is 5.88. The second-order valence-electron chi connectivity index (χ2n) is 9.40. The first kappa shape index (κ1) is 25.8. The minimum absolute atomic E-state index is 0.0235. The van der Waals surface area contributed by atoms with Crippen LogP contribution in [-0.4, -0.2) is 59.3 Å². The summed E-state index contributed by atoms with van der Waals surface area (Å²) < 4.78 is 38.7. The van der Waals surface area contributed by atoms with Gasteiger partial charge in [-0.1, -0.05) is 12.1 Å². The van der Waals surface area contributed by atoms with E-state index in [0.29, 0.717) is 31.2 Å². The lowest BCUT2D eigenvalue weighted by molar-refractivity contribution is -0.179. The Morgan fingerprint density at radius 1 is 1.06 bits per heavy atom. The Hall–Kier alpha value is -3.27. The molecule has 2 N–H and O–H groups in total. The van der Waals surface area contributed by atoms with Crippen molar-refractivity contribution in [3.8, 4) is 0 Å². The number of nitrogens with zero attached hydrogens (tertiary/aromatic N) is 3. The molecule has 2 aromatic rings. The molecule has 194 valence electrons. The molecule has 7 nitrogen and oxygen atoms in total. The van der Waals surface area contributed by atoms with Gasteiger partial charge in [0.2, 0.25) is 5.91 Å². The highest BCUT2D eigenvalue weighted by Gasteiger charge is 2.41. The van der Waals surface area contributed by atoms with Crippen molar-refractivity contribution in [2.45, 2.75) is 38.9 Å². The summed E-state index contributed by atoms with van der Waals surface area (Å²) in [6.07, 6.45) is -3.77. The molecule has 2 aliphatic heterocycles. The van der Waals surface area contributed by atoms with E-state index in [1.165, 1.54) is 0 Å². The number of hydrogen-bond acceptors (Lipinski definition) is 5. The second kappa shape index (κ2) is 10.8. The van der Waals surface area contributed by atoms with Crippen molar-refractivity contribution in [3.63, 3.8) is 0 Å². The lowest BCUT2D eigenvalue weighted by Gasteiger charge is -2.34. The van der Waals surface area contributed by atoms with E-state index >= 15 is 0 Å². The molecule has 36 heavy (non-hydrogen) atoms. The molecule has 1 atom stereocenters. The number of nitrogens with one attached hydrogen (secondary N) is 1. The third-order valence-electron chi connectivity index (χ3n) is 6.97. The molecule has 2 fully saturated rings. The summed E-state index contributed by atoms with van der Waals surface area (Å²) in [5.41, 5.74) is 3.29. The topological polar surface area (TPSA) is 76.1 Å². The van der Waals surface area contributed by atoms with E-state index in [4.69, 9.17) is 0 Å². The van der Waals surface area contributed by atoms with Crippen LogP contribution in [0.3, 0.4) is 0 Å². The van der Waals surface area contributed by atoms with Gasteiger partial charge in [0.1, 0.15) is 0 Å². The summed E-state index contributed by atoms with van der Waals surface area (Å²) in [6, 6.07) is 14.8. The molecule has 1 unspecified atom stereocenters. The summed E-state index contributed by atoms with van der Waals surface area (Å²) in [6.45, 7) is 3.53. The SMILES string of the molecule is CCN1CC(C(=O)N(O)Cc2ccc(Nc3ccc(N4CCC(C(F)(F)F)CC4)cc3)cc2)CC1=O. The summed E-state index contributed by atoms with van der Waals surface area (Å²) in [5, 5.41) is 14.2. The summed E-state index contributed by atoms with van der Waals surface area (Å²) >= 11 is 0. The van der Waals surface area contributed by atoms with Crippen LogP contribution in [0.4, 0.5) is 30.2 Å². The van der Waals surface area contributed by atoms with E-state index in [9.17, 15) is 28.0 Å². The Kier molecular flexibility index (Phi) is 7.73. The fraction of sp³-hybridized carbons (Fsp3) is 0.462. The van der Waals surface area contributed by atoms with Crippen LogP contribution in [0.5, 0.6) is 0 Å². The predicted molar refractivity (Wildman–Crippen MR) is 130 cm³/mol. The summed E-state index contributed by atoms with van der Waals surface area (Å²) in [5.74, 6) is -2.27. The van der Waals surface area contributed by atoms with Gasteiger partial charge in [0.25, 0.3) is 5.91 Å². The molecule has 2 aliphatic rings. The zero-order chi connectivity index (χ0) is 25.9. The fourth-order valence-electron chi connectivity index (χ4n) is 4.79. The molecule has 2 amide bonds. The average Bonchev–Trinajstić information content (AvgIpc) is 3.25. The zero-order valence-electron chi connectivity index (χ0n) is 20.2. The van der Waals surface area contributed by atoms with Crippen molar-refractivity contribution in [1.82, 2.24) is 9.96 Å². The normalized spacial score (nSPS) is 19.0. The van der Waals surface area contributed by atoms with Crippen LogP contribution in [0, 0.1) is 11.8 Å². The summed E-state index contributed by atoms with van der Waals surface area (Å²) in [4.78, 5) is 27.9. The van der Waals surface area contributed by atoms with E-state index in [2.05, 4.69) is 5.32 Å². The van der Waals surface area contributed by atoms with Crippen LogP contribution in [0.2, 0.25) is 0 Å². The number of amides is 2. The van der Waals surface area contributed by atoms with Gasteiger partial charge in [-0.05, 0) is 61.7 Å². The maximum atomic E-state index is 12.9. The van der Waals surface area contributed by atoms with Crippen molar-refractivity contribution in [3.05, 3.63) is 54.1 Å². The third-order valence-corrected chi connectivity index (χ3v) is 6.97. The van der Waals surface area contributed by atoms with Gasteiger partial charge in [-0.25, -0.2) is 5.06 Å². The molecule has 0 saturated carbocycles. The molecular weight excluding hydrogens is 473 g/mol. The maximum absolute atomic E-state index is 12.9. The van der Waals surface area contributed by atoms with Crippen LogP contribution in [0.25, 0.3) is 0 Å². The minimum atomic E-state index is -4.12. The van der Waals surface area contributed by atoms with E-state index in [-0.39, 0.29) is 31.7 Å². The Bertz CT molecular complexity index is 1050. The second-order valence-corrected chi connectivity index (χ2v) is 9.40. The first-order chi connectivity index (χ1) is 17.1. The first-order valence-corrected chi connectivity index (χ1v) is 12.2. The van der Waals surface area contributed by atoms with Gasteiger partial charge in [0, 0.05) is 49.7 Å². The van der Waals surface area contributed by atoms with Crippen LogP contribution in [-0.2, 0) is 16.1 Å². The minimum Gasteiger partial charge on any atom is -0.372 e. The molecule has 2 heterocycles. The Labute approximate surface area is 208 Å². The predicted octanol–water partition coefficient (Wildman–Crippen LogP) is 4.80. The Morgan fingerprint density at radius 2 is 1.64 bits per heavy atom. The first-order valence-electron chi connectivity index (χ1n) is 12.2. The number of rotatable bonds is 7. The van der Waals surface area contributed by atoms with Crippen molar-refractivity contribution in [2.75, 3.05) is 36.4 Å². The smallest absolute Gasteiger partial charge is 0.372 e. The number of alkyl halides is 3. The number of piperidine rings is 1. The Balaban J connectivity index is 1.27. The molecule has 2 saturated heterocycles. The molecular formula is C26H31F3N4O3. The number of hydroxylamine groups is 2. The Morgan fingerprint density at radius 3 is 2.17 bits per heavy atom. The van der Waals surface area contributed by atoms with Gasteiger partial charge >= 0.3 is 6.18 Å². The van der Waals surface area contributed by atoms with E-state index in [0.717, 1.165) is 22.6 Å². The lowest BCUT2D eigenvalue weighted by atomic mass is 9.96. The largest absolute Gasteiger partial charge is 0.391 e. The molecule has 0 spiro atoms. The van der Waals surface area contributed by atoms with E-state index in [1.807, 2.05) is 48.2 Å². The van der Waals surface area contributed by atoms with Crippen molar-refractivity contribution >= 4 is 28.9 Å². The highest BCUT2D eigenvalue weighted by atomic mass is 19.4. The number of benzene rings is 2. The van der Waals surface area contributed by atoms with Crippen molar-refractivity contribution in [1.29, 1.82) is 0 Å². The van der Waals surface area contributed by atoms with E-state index < -0.39 is 23.9 Å². The number of halogens is 3. The van der Waals surface area contributed by atoms with Crippen LogP contribution in [0.1, 0.15) is 31.7 Å². The maximum Gasteiger partial charge on any atom is 0.391 e. The van der Waals surface area contributed by atoms with Gasteiger partial charge in [-0.15, -0.1) is 0 Å². The quantitative estimate of drug-likeness (QED) is 0.419. The van der Waals surface area contributed by atoms with Gasteiger partial charge in [0.15, 0.2) is 0 Å². The van der Waals surface area contributed by atoms with Crippen molar-refractivity contribution in [2.24, 2.45) is 11.8 Å². The molecule has 0 radical (unpaired) electrons. The highest BCUT2D eigenvalue weighted by Crippen LogP contribution is 2.35. The number of likely N-dealkylation sites (tertiary alicyclic amines) is 1. The number of carbonyl (C=O) groups is 2. The monoisotopic (exact) mass is 504 g/mol. The van der Waals surface area contributed by atoms with Gasteiger partial charge in [-0.3, -0.25) is 14.8 Å². The average molecular weight is 505 g/mol. The molecule has 4 rings (SSSR count). The number of anilines is 3. The third kappa shape index (κ3) is 6.10. The van der Waals surface area contributed by atoms with Crippen LogP contribution >= 0.6 is 0 Å². The zero-order valence-corrected chi connectivity index (χ0v) is 20.2. The number of hydrogen-bond donors (Lipinski definition) is 2. The molecule has 0 aliphatic carbocycles. The number of carbonyl (C=O) groups excluding carboxylic acids is 2. The van der Waals surface area contributed by atoms with E-state index in [1.54, 1.807) is 17.0 Å². The summed E-state index contributed by atoms with van der Waals surface area (Å²) in [7, 11) is 0. The molecule has 2 aromatic carbocycles. The molecule has 10 heteroatoms. The fourth-order valence-corrected chi connectivity index (χ4v) is 4.79. The molecule has 0 bridgehead atoms. The van der Waals surface area contributed by atoms with Crippen LogP contribution < -0.4 is 10.2 Å². The van der Waals surface area contributed by atoms with Gasteiger partial charge < -0.3 is 15.1 Å².